The summed E-state index contributed by atoms with van der Waals surface area (Å²) in [6, 6.07) is 7.95. The number of piperidine rings is 1. The van der Waals surface area contributed by atoms with E-state index in [1.807, 2.05) is 36.7 Å². The number of methoxy groups -OCH3 is 1. The number of nitrogens with zero attached hydrogens (tertiary/aromatic N) is 3. The van der Waals surface area contributed by atoms with Gasteiger partial charge in [0.15, 0.2) is 0 Å². The van der Waals surface area contributed by atoms with Gasteiger partial charge < -0.3 is 9.64 Å². The number of benzene rings is 1. The van der Waals surface area contributed by atoms with Gasteiger partial charge in [0.25, 0.3) is 0 Å². The fraction of sp³-hybridized carbons (Fsp3) is 0.412. The Balaban J connectivity index is 1.92. The lowest BCUT2D eigenvalue weighted by atomic mass is 9.95. The molecule has 1 saturated heterocycles. The fourth-order valence-electron chi connectivity index (χ4n) is 2.97. The van der Waals surface area contributed by atoms with Crippen LogP contribution in [0, 0.1) is 0 Å². The molecule has 4 nitrogen and oxygen atoms in total. The summed E-state index contributed by atoms with van der Waals surface area (Å²) in [7, 11) is 3.86. The zero-order chi connectivity index (χ0) is 14.7. The normalized spacial score (nSPS) is 19.4. The van der Waals surface area contributed by atoms with Crippen molar-refractivity contribution in [3.8, 4) is 17.0 Å². The van der Waals surface area contributed by atoms with Gasteiger partial charge in [0, 0.05) is 24.2 Å². The predicted octanol–water partition coefficient (Wildman–Crippen LogP) is 2.96. The minimum Gasteiger partial charge on any atom is -0.496 e. The predicted molar refractivity (Wildman–Crippen MR) is 83.5 cm³/mol. The molecule has 0 aliphatic carbocycles. The maximum Gasteiger partial charge on any atom is 0.128 e. The number of likely N-dealkylation sites (N-methyl/N-ethyl adjacent to an activating group) is 1. The molecule has 1 fully saturated rings. The third-order valence-corrected chi connectivity index (χ3v) is 4.08. The van der Waals surface area contributed by atoms with Gasteiger partial charge in [0.2, 0.25) is 0 Å². The molecule has 2 aromatic rings. The molecule has 2 heterocycles. The molecule has 1 aliphatic rings. The third kappa shape index (κ3) is 3.05. The number of para-hydroxylation sites is 1. The molecule has 0 N–H and O–H groups in total. The highest BCUT2D eigenvalue weighted by Crippen LogP contribution is 2.30. The van der Waals surface area contributed by atoms with Crippen molar-refractivity contribution >= 4 is 0 Å². The van der Waals surface area contributed by atoms with Crippen molar-refractivity contribution in [2.45, 2.75) is 18.8 Å². The molecular weight excluding hydrogens is 262 g/mol. The van der Waals surface area contributed by atoms with E-state index in [1.54, 1.807) is 7.11 Å². The van der Waals surface area contributed by atoms with Crippen LogP contribution >= 0.6 is 0 Å². The van der Waals surface area contributed by atoms with E-state index >= 15 is 0 Å². The monoisotopic (exact) mass is 283 g/mol. The number of hydrogen-bond donors (Lipinski definition) is 0. The zero-order valence-corrected chi connectivity index (χ0v) is 12.6. The maximum atomic E-state index is 5.43. The molecule has 110 valence electrons. The van der Waals surface area contributed by atoms with Crippen molar-refractivity contribution in [1.82, 2.24) is 14.9 Å². The van der Waals surface area contributed by atoms with Gasteiger partial charge in [0.1, 0.15) is 5.75 Å². The van der Waals surface area contributed by atoms with Gasteiger partial charge in [-0.2, -0.15) is 0 Å². The molecule has 0 amide bonds. The number of likely N-dealkylation sites (tertiary alicyclic amines) is 1. The van der Waals surface area contributed by atoms with Crippen molar-refractivity contribution in [3.63, 3.8) is 0 Å². The molecule has 1 atom stereocenters. The molecule has 21 heavy (non-hydrogen) atoms. The lowest BCUT2D eigenvalue weighted by Gasteiger charge is -2.29. The highest BCUT2D eigenvalue weighted by molar-refractivity contribution is 5.66. The number of rotatable bonds is 3. The molecule has 0 bridgehead atoms. The van der Waals surface area contributed by atoms with Gasteiger partial charge >= 0.3 is 0 Å². The number of hydrogen-bond acceptors (Lipinski definition) is 4. The van der Waals surface area contributed by atoms with Crippen molar-refractivity contribution in [3.05, 3.63) is 42.4 Å². The third-order valence-electron chi connectivity index (χ3n) is 4.08. The van der Waals surface area contributed by atoms with Gasteiger partial charge in [-0.05, 0) is 38.6 Å². The molecule has 3 rings (SSSR count). The lowest BCUT2D eigenvalue weighted by Crippen LogP contribution is -2.31. The highest BCUT2D eigenvalue weighted by atomic mass is 16.5. The number of ether oxygens (including phenoxy) is 1. The standard InChI is InChI=1S/C17H21N3O/c1-20-9-5-6-13(12-20)15-10-18-11-16(19-15)14-7-3-4-8-17(14)21-2/h3-4,7-8,10-11,13H,5-6,9,12H2,1-2H3/t13-/m1/s1. The Kier molecular flexibility index (Phi) is 4.15. The Morgan fingerprint density at radius 2 is 2.10 bits per heavy atom. The van der Waals surface area contributed by atoms with E-state index in [0.717, 1.165) is 29.2 Å². The van der Waals surface area contributed by atoms with E-state index in [2.05, 4.69) is 16.9 Å². The van der Waals surface area contributed by atoms with Crippen LogP contribution in [0.2, 0.25) is 0 Å². The Bertz CT molecular complexity index is 614. The first kappa shape index (κ1) is 14.0. The highest BCUT2D eigenvalue weighted by Gasteiger charge is 2.21. The summed E-state index contributed by atoms with van der Waals surface area (Å²) < 4.78 is 5.43. The van der Waals surface area contributed by atoms with Gasteiger partial charge in [-0.15, -0.1) is 0 Å². The Morgan fingerprint density at radius 1 is 1.24 bits per heavy atom. The van der Waals surface area contributed by atoms with Gasteiger partial charge in [-0.1, -0.05) is 12.1 Å². The van der Waals surface area contributed by atoms with Crippen LogP contribution in [0.15, 0.2) is 36.7 Å². The van der Waals surface area contributed by atoms with Crippen LogP contribution in [0.5, 0.6) is 5.75 Å². The van der Waals surface area contributed by atoms with Crippen molar-refractivity contribution in [2.75, 3.05) is 27.2 Å². The maximum absolute atomic E-state index is 5.43. The van der Waals surface area contributed by atoms with Gasteiger partial charge in [-0.25, -0.2) is 4.98 Å². The second-order valence-corrected chi connectivity index (χ2v) is 5.63. The topological polar surface area (TPSA) is 38.2 Å². The molecular formula is C17H21N3O. The average molecular weight is 283 g/mol. The van der Waals surface area contributed by atoms with Crippen LogP contribution < -0.4 is 4.74 Å². The average Bonchev–Trinajstić information content (AvgIpc) is 2.55. The Labute approximate surface area is 125 Å². The minimum absolute atomic E-state index is 0.478. The van der Waals surface area contributed by atoms with Gasteiger partial charge in [0.05, 0.1) is 24.7 Å². The summed E-state index contributed by atoms with van der Waals surface area (Å²) >= 11 is 0. The largest absolute Gasteiger partial charge is 0.496 e. The quantitative estimate of drug-likeness (QED) is 0.868. The SMILES string of the molecule is COc1ccccc1-c1cncc([C@@H]2CCCN(C)C2)n1. The first-order chi connectivity index (χ1) is 10.3. The summed E-state index contributed by atoms with van der Waals surface area (Å²) in [5.74, 6) is 1.32. The lowest BCUT2D eigenvalue weighted by molar-refractivity contribution is 0.248. The summed E-state index contributed by atoms with van der Waals surface area (Å²) in [5, 5.41) is 0. The molecule has 1 aliphatic heterocycles. The van der Waals surface area contributed by atoms with Crippen LogP contribution in [0.3, 0.4) is 0 Å². The Morgan fingerprint density at radius 3 is 2.90 bits per heavy atom. The van der Waals surface area contributed by atoms with E-state index < -0.39 is 0 Å². The second-order valence-electron chi connectivity index (χ2n) is 5.63. The summed E-state index contributed by atoms with van der Waals surface area (Å²) in [6.07, 6.45) is 6.13. The molecule has 0 unspecified atom stereocenters. The van der Waals surface area contributed by atoms with E-state index in [0.29, 0.717) is 5.92 Å². The minimum atomic E-state index is 0.478. The first-order valence-electron chi connectivity index (χ1n) is 7.42. The van der Waals surface area contributed by atoms with Gasteiger partial charge in [-0.3, -0.25) is 4.98 Å². The van der Waals surface area contributed by atoms with Crippen molar-refractivity contribution in [1.29, 1.82) is 0 Å². The molecule has 0 saturated carbocycles. The van der Waals surface area contributed by atoms with Crippen LogP contribution in [-0.2, 0) is 0 Å². The second kappa shape index (κ2) is 6.22. The summed E-state index contributed by atoms with van der Waals surface area (Å²) in [4.78, 5) is 11.6. The number of aromatic nitrogens is 2. The van der Waals surface area contributed by atoms with E-state index in [4.69, 9.17) is 9.72 Å². The molecule has 1 aromatic carbocycles. The summed E-state index contributed by atoms with van der Waals surface area (Å²) in [5.41, 5.74) is 2.97. The van der Waals surface area contributed by atoms with Crippen molar-refractivity contribution < 1.29 is 4.74 Å². The molecule has 1 aromatic heterocycles. The van der Waals surface area contributed by atoms with E-state index in [9.17, 15) is 0 Å². The van der Waals surface area contributed by atoms with Crippen molar-refractivity contribution in [2.24, 2.45) is 0 Å². The van der Waals surface area contributed by atoms with E-state index in [1.165, 1.54) is 19.4 Å². The van der Waals surface area contributed by atoms with Crippen LogP contribution in [0.4, 0.5) is 0 Å². The van der Waals surface area contributed by atoms with E-state index in [-0.39, 0.29) is 0 Å². The zero-order valence-electron chi connectivity index (χ0n) is 12.6. The Hall–Kier alpha value is -1.94. The molecule has 0 spiro atoms. The summed E-state index contributed by atoms with van der Waals surface area (Å²) in [6.45, 7) is 2.24. The molecule has 4 heteroatoms. The van der Waals surface area contributed by atoms with Crippen LogP contribution in [-0.4, -0.2) is 42.1 Å². The van der Waals surface area contributed by atoms with Crippen LogP contribution in [0.25, 0.3) is 11.3 Å². The molecule has 0 radical (unpaired) electrons. The first-order valence-corrected chi connectivity index (χ1v) is 7.42. The van der Waals surface area contributed by atoms with Crippen LogP contribution in [0.1, 0.15) is 24.5 Å². The fourth-order valence-corrected chi connectivity index (χ4v) is 2.97. The smallest absolute Gasteiger partial charge is 0.128 e.